The van der Waals surface area contributed by atoms with Crippen molar-refractivity contribution in [1.29, 1.82) is 0 Å². The third-order valence-electron chi connectivity index (χ3n) is 3.08. The summed E-state index contributed by atoms with van der Waals surface area (Å²) in [6.45, 7) is 1.82. The molecule has 0 unspecified atom stereocenters. The first kappa shape index (κ1) is 13.8. The Labute approximate surface area is 113 Å². The average molecular weight is 264 g/mol. The van der Waals surface area contributed by atoms with Crippen molar-refractivity contribution in [1.82, 2.24) is 5.32 Å². The molecule has 0 spiro atoms. The summed E-state index contributed by atoms with van der Waals surface area (Å²) in [6, 6.07) is 7.39. The minimum absolute atomic E-state index is 0.153. The van der Waals surface area contributed by atoms with Gasteiger partial charge in [0, 0.05) is 31.5 Å². The van der Waals surface area contributed by atoms with Gasteiger partial charge in [0.25, 0.3) is 0 Å². The van der Waals surface area contributed by atoms with Crippen LogP contribution in [0.4, 0.5) is 10.5 Å². The molecule has 19 heavy (non-hydrogen) atoms. The molecule has 1 aromatic rings. The fourth-order valence-electron chi connectivity index (χ4n) is 2.10. The van der Waals surface area contributed by atoms with Crippen LogP contribution in [0.15, 0.2) is 24.3 Å². The number of amides is 2. The number of ether oxygens (including phenoxy) is 2. The smallest absolute Gasteiger partial charge is 0.319 e. The van der Waals surface area contributed by atoms with Gasteiger partial charge in [0.2, 0.25) is 0 Å². The van der Waals surface area contributed by atoms with E-state index in [4.69, 9.17) is 9.47 Å². The van der Waals surface area contributed by atoms with E-state index < -0.39 is 0 Å². The number of nitrogens with one attached hydrogen (secondary N) is 2. The van der Waals surface area contributed by atoms with Gasteiger partial charge in [-0.05, 0) is 18.9 Å². The highest BCUT2D eigenvalue weighted by atomic mass is 16.5. The van der Waals surface area contributed by atoms with Crippen LogP contribution < -0.4 is 10.6 Å². The van der Waals surface area contributed by atoms with E-state index in [1.165, 1.54) is 0 Å². The molecule has 5 nitrogen and oxygen atoms in total. The van der Waals surface area contributed by atoms with Crippen molar-refractivity contribution in [3.8, 4) is 0 Å². The van der Waals surface area contributed by atoms with E-state index in [-0.39, 0.29) is 12.1 Å². The Bertz CT molecular complexity index is 417. The van der Waals surface area contributed by atoms with Gasteiger partial charge >= 0.3 is 6.03 Å². The third kappa shape index (κ3) is 4.22. The SMILES string of the molecule is COCc1ccccc1NC(=O)NC[C@@H]1CCCO1. The second-order valence-electron chi connectivity index (χ2n) is 4.56. The standard InChI is InChI=1S/C14H20N2O3/c1-18-10-11-5-2-3-7-13(11)16-14(17)15-9-12-6-4-8-19-12/h2-3,5,7,12H,4,6,8-10H2,1H3,(H2,15,16,17)/t12-/m0/s1. The second-order valence-corrected chi connectivity index (χ2v) is 4.56. The summed E-state index contributed by atoms with van der Waals surface area (Å²) in [5.74, 6) is 0. The summed E-state index contributed by atoms with van der Waals surface area (Å²) in [7, 11) is 1.63. The zero-order valence-corrected chi connectivity index (χ0v) is 11.1. The van der Waals surface area contributed by atoms with Crippen LogP contribution in [0.5, 0.6) is 0 Å². The molecular weight excluding hydrogens is 244 g/mol. The minimum Gasteiger partial charge on any atom is -0.380 e. The van der Waals surface area contributed by atoms with Crippen LogP contribution in [0.25, 0.3) is 0 Å². The number of carbonyl (C=O) groups excluding carboxylic acids is 1. The van der Waals surface area contributed by atoms with Gasteiger partial charge in [0.05, 0.1) is 12.7 Å². The maximum absolute atomic E-state index is 11.8. The average Bonchev–Trinajstić information content (AvgIpc) is 2.92. The molecule has 5 heteroatoms. The molecule has 2 N–H and O–H groups in total. The molecular formula is C14H20N2O3. The summed E-state index contributed by atoms with van der Waals surface area (Å²) in [5.41, 5.74) is 1.73. The zero-order chi connectivity index (χ0) is 13.5. The number of para-hydroxylation sites is 1. The Balaban J connectivity index is 1.83. The fraction of sp³-hybridized carbons (Fsp3) is 0.500. The van der Waals surface area contributed by atoms with Gasteiger partial charge in [-0.2, -0.15) is 0 Å². The highest BCUT2D eigenvalue weighted by molar-refractivity contribution is 5.90. The Hall–Kier alpha value is -1.59. The van der Waals surface area contributed by atoms with Crippen molar-refractivity contribution >= 4 is 11.7 Å². The number of rotatable bonds is 5. The van der Waals surface area contributed by atoms with E-state index in [0.717, 1.165) is 30.7 Å². The number of anilines is 1. The van der Waals surface area contributed by atoms with Gasteiger partial charge in [0.15, 0.2) is 0 Å². The number of methoxy groups -OCH3 is 1. The lowest BCUT2D eigenvalue weighted by Gasteiger charge is -2.13. The highest BCUT2D eigenvalue weighted by Crippen LogP contribution is 2.15. The van der Waals surface area contributed by atoms with Gasteiger partial charge < -0.3 is 20.1 Å². The predicted molar refractivity (Wildman–Crippen MR) is 73.2 cm³/mol. The van der Waals surface area contributed by atoms with Crippen LogP contribution >= 0.6 is 0 Å². The van der Waals surface area contributed by atoms with Gasteiger partial charge in [-0.15, -0.1) is 0 Å². The molecule has 1 fully saturated rings. The lowest BCUT2D eigenvalue weighted by molar-refractivity contribution is 0.112. The maximum Gasteiger partial charge on any atom is 0.319 e. The van der Waals surface area contributed by atoms with E-state index >= 15 is 0 Å². The summed E-state index contributed by atoms with van der Waals surface area (Å²) in [4.78, 5) is 11.8. The van der Waals surface area contributed by atoms with Crippen LogP contribution in [0.3, 0.4) is 0 Å². The van der Waals surface area contributed by atoms with Crippen LogP contribution in [0.2, 0.25) is 0 Å². The van der Waals surface area contributed by atoms with Crippen molar-refractivity contribution in [3.63, 3.8) is 0 Å². The summed E-state index contributed by atoms with van der Waals surface area (Å²) < 4.78 is 10.6. The first-order valence-electron chi connectivity index (χ1n) is 6.53. The molecule has 104 valence electrons. The molecule has 1 aliphatic heterocycles. The van der Waals surface area contributed by atoms with Crippen molar-refractivity contribution in [2.45, 2.75) is 25.6 Å². The Kier molecular flexibility index (Phi) is 5.18. The van der Waals surface area contributed by atoms with Gasteiger partial charge in [0.1, 0.15) is 0 Å². The van der Waals surface area contributed by atoms with E-state index in [1.54, 1.807) is 7.11 Å². The quantitative estimate of drug-likeness (QED) is 0.856. The fourth-order valence-corrected chi connectivity index (χ4v) is 2.10. The third-order valence-corrected chi connectivity index (χ3v) is 3.08. The lowest BCUT2D eigenvalue weighted by Crippen LogP contribution is -2.35. The summed E-state index contributed by atoms with van der Waals surface area (Å²) in [6.07, 6.45) is 2.24. The summed E-state index contributed by atoms with van der Waals surface area (Å²) in [5, 5.41) is 5.66. The number of carbonyl (C=O) groups is 1. The molecule has 1 atom stereocenters. The Morgan fingerprint density at radius 2 is 2.32 bits per heavy atom. The summed E-state index contributed by atoms with van der Waals surface area (Å²) >= 11 is 0. The normalized spacial score (nSPS) is 18.3. The van der Waals surface area contributed by atoms with Crippen molar-refractivity contribution in [2.75, 3.05) is 25.6 Å². The molecule has 2 rings (SSSR count). The molecule has 1 heterocycles. The van der Waals surface area contributed by atoms with Gasteiger partial charge in [-0.3, -0.25) is 0 Å². The van der Waals surface area contributed by atoms with Crippen LogP contribution in [0, 0.1) is 0 Å². The molecule has 2 amide bonds. The lowest BCUT2D eigenvalue weighted by atomic mass is 10.2. The molecule has 0 bridgehead atoms. The van der Waals surface area contributed by atoms with Gasteiger partial charge in [-0.25, -0.2) is 4.79 Å². The van der Waals surface area contributed by atoms with E-state index in [0.29, 0.717) is 13.2 Å². The predicted octanol–water partition coefficient (Wildman–Crippen LogP) is 2.13. The van der Waals surface area contributed by atoms with E-state index in [1.807, 2.05) is 24.3 Å². The molecule has 0 aromatic heterocycles. The number of urea groups is 1. The topological polar surface area (TPSA) is 59.6 Å². The Morgan fingerprint density at radius 3 is 3.05 bits per heavy atom. The molecule has 1 aromatic carbocycles. The number of hydrogen-bond acceptors (Lipinski definition) is 3. The first-order chi connectivity index (χ1) is 9.29. The largest absolute Gasteiger partial charge is 0.380 e. The van der Waals surface area contributed by atoms with E-state index in [2.05, 4.69) is 10.6 Å². The van der Waals surface area contributed by atoms with Crippen LogP contribution in [-0.4, -0.2) is 32.4 Å². The zero-order valence-electron chi connectivity index (χ0n) is 11.1. The second kappa shape index (κ2) is 7.11. The molecule has 1 saturated heterocycles. The van der Waals surface area contributed by atoms with Crippen molar-refractivity contribution < 1.29 is 14.3 Å². The van der Waals surface area contributed by atoms with Crippen molar-refractivity contribution in [2.24, 2.45) is 0 Å². The van der Waals surface area contributed by atoms with Crippen molar-refractivity contribution in [3.05, 3.63) is 29.8 Å². The first-order valence-corrected chi connectivity index (χ1v) is 6.53. The molecule has 1 aliphatic rings. The Morgan fingerprint density at radius 1 is 1.47 bits per heavy atom. The molecule has 0 aliphatic carbocycles. The monoisotopic (exact) mass is 264 g/mol. The van der Waals surface area contributed by atoms with Gasteiger partial charge in [-0.1, -0.05) is 18.2 Å². The molecule has 0 saturated carbocycles. The number of hydrogen-bond donors (Lipinski definition) is 2. The van der Waals surface area contributed by atoms with Crippen LogP contribution in [0.1, 0.15) is 18.4 Å². The molecule has 0 radical (unpaired) electrons. The number of benzene rings is 1. The van der Waals surface area contributed by atoms with Crippen LogP contribution in [-0.2, 0) is 16.1 Å². The maximum atomic E-state index is 11.8. The highest BCUT2D eigenvalue weighted by Gasteiger charge is 2.16. The minimum atomic E-state index is -0.209. The van der Waals surface area contributed by atoms with E-state index in [9.17, 15) is 4.79 Å².